The Morgan fingerprint density at radius 1 is 1.06 bits per heavy atom. The normalized spacial score (nSPS) is 25.4. The summed E-state index contributed by atoms with van der Waals surface area (Å²) in [6.07, 6.45) is 10.2. The molecule has 1 aliphatic carbocycles. The van der Waals surface area contributed by atoms with Gasteiger partial charge in [0.15, 0.2) is 0 Å². The molecule has 2 atom stereocenters. The van der Waals surface area contributed by atoms with Gasteiger partial charge in [-0.2, -0.15) is 0 Å². The van der Waals surface area contributed by atoms with E-state index in [9.17, 15) is 5.11 Å². The van der Waals surface area contributed by atoms with E-state index in [0.717, 1.165) is 18.4 Å². The number of benzene rings is 1. The Bertz CT molecular complexity index is 329. The van der Waals surface area contributed by atoms with Gasteiger partial charge in [0.1, 0.15) is 0 Å². The zero-order valence-electron chi connectivity index (χ0n) is 9.68. The van der Waals surface area contributed by atoms with E-state index in [1.807, 2.05) is 30.3 Å². The van der Waals surface area contributed by atoms with Crippen LogP contribution < -0.4 is 0 Å². The SMILES string of the molecule is O[C@@H](c1ccccc1)[C@@H]1/C=C\CCCCC1. The van der Waals surface area contributed by atoms with Crippen molar-refractivity contribution < 1.29 is 5.11 Å². The molecule has 1 aliphatic rings. The minimum atomic E-state index is -0.337. The van der Waals surface area contributed by atoms with E-state index in [-0.39, 0.29) is 6.10 Å². The smallest absolute Gasteiger partial charge is 0.0852 e. The topological polar surface area (TPSA) is 20.2 Å². The van der Waals surface area contributed by atoms with Crippen molar-refractivity contribution in [3.63, 3.8) is 0 Å². The van der Waals surface area contributed by atoms with Gasteiger partial charge in [-0.05, 0) is 24.8 Å². The highest BCUT2D eigenvalue weighted by Gasteiger charge is 2.18. The standard InChI is InChI=1S/C15H20O/c16-15(14-11-7-4-8-12-14)13-9-5-2-1-3-6-10-13/h4-5,7-9,11-13,15-16H,1-3,6,10H2/b9-5-/t13-,15-/m1/s1. The Kier molecular flexibility index (Phi) is 4.17. The first-order valence-corrected chi connectivity index (χ1v) is 6.27. The number of rotatable bonds is 2. The van der Waals surface area contributed by atoms with Gasteiger partial charge in [0.25, 0.3) is 0 Å². The molecule has 0 aromatic heterocycles. The molecule has 1 N–H and O–H groups in total. The summed E-state index contributed by atoms with van der Waals surface area (Å²) < 4.78 is 0. The van der Waals surface area contributed by atoms with Crippen LogP contribution in [0.25, 0.3) is 0 Å². The lowest BCUT2D eigenvalue weighted by Crippen LogP contribution is -2.11. The Labute approximate surface area is 97.8 Å². The molecule has 0 heterocycles. The van der Waals surface area contributed by atoms with Crippen molar-refractivity contribution in [3.05, 3.63) is 48.0 Å². The predicted octanol–water partition coefficient (Wildman–Crippen LogP) is 3.86. The van der Waals surface area contributed by atoms with Crippen LogP contribution in [0.5, 0.6) is 0 Å². The van der Waals surface area contributed by atoms with Gasteiger partial charge in [-0.1, -0.05) is 55.3 Å². The number of allylic oxidation sites excluding steroid dienone is 1. The monoisotopic (exact) mass is 216 g/mol. The largest absolute Gasteiger partial charge is 0.388 e. The molecule has 16 heavy (non-hydrogen) atoms. The molecule has 0 fully saturated rings. The van der Waals surface area contributed by atoms with Crippen molar-refractivity contribution in [3.8, 4) is 0 Å². The third kappa shape index (κ3) is 2.96. The van der Waals surface area contributed by atoms with Gasteiger partial charge in [-0.15, -0.1) is 0 Å². The molecule has 0 aliphatic heterocycles. The van der Waals surface area contributed by atoms with E-state index in [1.165, 1.54) is 19.3 Å². The molecule has 0 radical (unpaired) electrons. The summed E-state index contributed by atoms with van der Waals surface area (Å²) in [5.74, 6) is 0.294. The zero-order valence-corrected chi connectivity index (χ0v) is 9.68. The summed E-state index contributed by atoms with van der Waals surface area (Å²) in [5, 5.41) is 10.3. The van der Waals surface area contributed by atoms with Gasteiger partial charge in [-0.3, -0.25) is 0 Å². The van der Waals surface area contributed by atoms with E-state index in [2.05, 4.69) is 12.2 Å². The minimum absolute atomic E-state index is 0.294. The maximum atomic E-state index is 10.3. The molecule has 0 amide bonds. The summed E-state index contributed by atoms with van der Waals surface area (Å²) in [7, 11) is 0. The highest BCUT2D eigenvalue weighted by molar-refractivity contribution is 5.19. The van der Waals surface area contributed by atoms with Gasteiger partial charge in [0, 0.05) is 5.92 Å². The fraction of sp³-hybridized carbons (Fsp3) is 0.467. The third-order valence-corrected chi connectivity index (χ3v) is 3.34. The summed E-state index contributed by atoms with van der Waals surface area (Å²) >= 11 is 0. The van der Waals surface area contributed by atoms with E-state index in [1.54, 1.807) is 0 Å². The lowest BCUT2D eigenvalue weighted by Gasteiger charge is -2.21. The summed E-state index contributed by atoms with van der Waals surface area (Å²) in [6.45, 7) is 0. The van der Waals surface area contributed by atoms with E-state index >= 15 is 0 Å². The second kappa shape index (κ2) is 5.86. The first kappa shape index (κ1) is 11.4. The van der Waals surface area contributed by atoms with Crippen LogP contribution in [-0.4, -0.2) is 5.11 Å². The van der Waals surface area contributed by atoms with Crippen LogP contribution in [0.1, 0.15) is 43.8 Å². The molecule has 1 nitrogen and oxygen atoms in total. The average molecular weight is 216 g/mol. The Hall–Kier alpha value is -1.08. The minimum Gasteiger partial charge on any atom is -0.388 e. The van der Waals surface area contributed by atoms with Crippen molar-refractivity contribution in [2.45, 2.75) is 38.2 Å². The molecular weight excluding hydrogens is 196 g/mol. The van der Waals surface area contributed by atoms with E-state index in [0.29, 0.717) is 5.92 Å². The van der Waals surface area contributed by atoms with Crippen LogP contribution in [0.4, 0.5) is 0 Å². The Morgan fingerprint density at radius 3 is 2.69 bits per heavy atom. The fourth-order valence-corrected chi connectivity index (χ4v) is 2.35. The van der Waals surface area contributed by atoms with Crippen molar-refractivity contribution in [2.75, 3.05) is 0 Å². The van der Waals surface area contributed by atoms with Crippen LogP contribution in [0.15, 0.2) is 42.5 Å². The average Bonchev–Trinajstić information content (AvgIpc) is 2.29. The van der Waals surface area contributed by atoms with Crippen molar-refractivity contribution in [1.82, 2.24) is 0 Å². The fourth-order valence-electron chi connectivity index (χ4n) is 2.35. The van der Waals surface area contributed by atoms with Gasteiger partial charge in [0.05, 0.1) is 6.10 Å². The summed E-state index contributed by atoms with van der Waals surface area (Å²) in [4.78, 5) is 0. The molecule has 0 spiro atoms. The summed E-state index contributed by atoms with van der Waals surface area (Å²) in [6, 6.07) is 10.00. The van der Waals surface area contributed by atoms with Gasteiger partial charge in [-0.25, -0.2) is 0 Å². The number of aliphatic hydroxyl groups excluding tert-OH is 1. The molecule has 0 bridgehead atoms. The molecule has 86 valence electrons. The van der Waals surface area contributed by atoms with Crippen molar-refractivity contribution in [2.24, 2.45) is 5.92 Å². The summed E-state index contributed by atoms with van der Waals surface area (Å²) in [5.41, 5.74) is 1.04. The lowest BCUT2D eigenvalue weighted by molar-refractivity contribution is 0.124. The molecule has 2 rings (SSSR count). The Balaban J connectivity index is 2.07. The Morgan fingerprint density at radius 2 is 1.88 bits per heavy atom. The molecule has 0 saturated carbocycles. The van der Waals surface area contributed by atoms with Crippen molar-refractivity contribution >= 4 is 0 Å². The first-order chi connectivity index (χ1) is 7.88. The molecular formula is C15H20O. The van der Waals surface area contributed by atoms with Crippen LogP contribution in [0, 0.1) is 5.92 Å². The second-order valence-electron chi connectivity index (χ2n) is 4.59. The quantitative estimate of drug-likeness (QED) is 0.744. The van der Waals surface area contributed by atoms with E-state index in [4.69, 9.17) is 0 Å². The van der Waals surface area contributed by atoms with Crippen LogP contribution in [-0.2, 0) is 0 Å². The highest BCUT2D eigenvalue weighted by atomic mass is 16.3. The van der Waals surface area contributed by atoms with Gasteiger partial charge < -0.3 is 5.11 Å². The lowest BCUT2D eigenvalue weighted by atomic mass is 9.88. The van der Waals surface area contributed by atoms with E-state index < -0.39 is 0 Å². The van der Waals surface area contributed by atoms with Gasteiger partial charge in [0.2, 0.25) is 0 Å². The zero-order chi connectivity index (χ0) is 11.2. The number of aliphatic hydroxyl groups is 1. The third-order valence-electron chi connectivity index (χ3n) is 3.34. The van der Waals surface area contributed by atoms with Crippen LogP contribution >= 0.6 is 0 Å². The maximum Gasteiger partial charge on any atom is 0.0852 e. The molecule has 1 heteroatoms. The number of hydrogen-bond acceptors (Lipinski definition) is 1. The maximum absolute atomic E-state index is 10.3. The second-order valence-corrected chi connectivity index (χ2v) is 4.59. The van der Waals surface area contributed by atoms with Crippen molar-refractivity contribution in [1.29, 1.82) is 0 Å². The molecule has 0 saturated heterocycles. The predicted molar refractivity (Wildman–Crippen MR) is 67.1 cm³/mol. The van der Waals surface area contributed by atoms with Crippen LogP contribution in [0.3, 0.4) is 0 Å². The molecule has 0 unspecified atom stereocenters. The van der Waals surface area contributed by atoms with Crippen LogP contribution in [0.2, 0.25) is 0 Å². The highest BCUT2D eigenvalue weighted by Crippen LogP contribution is 2.29. The molecule has 1 aromatic carbocycles. The molecule has 1 aromatic rings. The number of hydrogen-bond donors (Lipinski definition) is 1. The van der Waals surface area contributed by atoms with Gasteiger partial charge >= 0.3 is 0 Å². The first-order valence-electron chi connectivity index (χ1n) is 6.27.